The number of amides is 1. The molecule has 1 fully saturated rings. The lowest BCUT2D eigenvalue weighted by Crippen LogP contribution is -2.15. The molecule has 0 bridgehead atoms. The van der Waals surface area contributed by atoms with E-state index in [4.69, 9.17) is 9.47 Å². The standard InChI is InChI=1S/C19H25N3O3/c1-12-18(14-8-9-15(24-2)16(11-14)25-3)19(22-21-12)20-17(23)10-13-6-4-5-7-13/h8-9,11,13H,4-7,10H2,1-3H3,(H2,20,21,22,23). The quantitative estimate of drug-likeness (QED) is 0.833. The van der Waals surface area contributed by atoms with Crippen molar-refractivity contribution >= 4 is 11.7 Å². The normalized spacial score (nSPS) is 14.5. The molecule has 1 aromatic carbocycles. The number of aromatic amines is 1. The van der Waals surface area contributed by atoms with E-state index in [0.717, 1.165) is 29.7 Å². The number of aryl methyl sites for hydroxylation is 1. The van der Waals surface area contributed by atoms with Crippen LogP contribution in [0.25, 0.3) is 11.1 Å². The van der Waals surface area contributed by atoms with Crippen LogP contribution in [0.15, 0.2) is 18.2 Å². The Hall–Kier alpha value is -2.50. The number of anilines is 1. The van der Waals surface area contributed by atoms with Gasteiger partial charge in [-0.1, -0.05) is 18.9 Å². The van der Waals surface area contributed by atoms with Gasteiger partial charge in [0.05, 0.1) is 14.2 Å². The van der Waals surface area contributed by atoms with Crippen LogP contribution in [0, 0.1) is 12.8 Å². The molecule has 0 spiro atoms. The number of ether oxygens (including phenoxy) is 2. The van der Waals surface area contributed by atoms with Crippen molar-refractivity contribution in [2.75, 3.05) is 19.5 Å². The number of hydrogen-bond donors (Lipinski definition) is 2. The molecule has 1 heterocycles. The highest BCUT2D eigenvalue weighted by Crippen LogP contribution is 2.36. The lowest BCUT2D eigenvalue weighted by molar-refractivity contribution is -0.117. The summed E-state index contributed by atoms with van der Waals surface area (Å²) in [5, 5.41) is 10.2. The maximum absolute atomic E-state index is 12.4. The number of aromatic nitrogens is 2. The summed E-state index contributed by atoms with van der Waals surface area (Å²) in [6.45, 7) is 1.94. The Bertz CT molecular complexity index is 748. The average Bonchev–Trinajstić information content (AvgIpc) is 3.24. The fourth-order valence-electron chi connectivity index (χ4n) is 3.52. The Balaban J connectivity index is 1.82. The summed E-state index contributed by atoms with van der Waals surface area (Å²) in [4.78, 5) is 12.4. The van der Waals surface area contributed by atoms with Gasteiger partial charge in [0.1, 0.15) is 0 Å². The molecule has 0 aliphatic heterocycles. The molecule has 6 heteroatoms. The third-order valence-electron chi connectivity index (χ3n) is 4.83. The van der Waals surface area contributed by atoms with Gasteiger partial charge in [-0.2, -0.15) is 5.10 Å². The molecule has 0 unspecified atom stereocenters. The van der Waals surface area contributed by atoms with Crippen molar-refractivity contribution in [3.63, 3.8) is 0 Å². The van der Waals surface area contributed by atoms with Crippen molar-refractivity contribution in [1.82, 2.24) is 10.2 Å². The van der Waals surface area contributed by atoms with E-state index in [0.29, 0.717) is 29.7 Å². The first-order valence-electron chi connectivity index (χ1n) is 8.69. The molecule has 1 aromatic heterocycles. The minimum absolute atomic E-state index is 0.0279. The Kier molecular flexibility index (Phi) is 5.26. The summed E-state index contributed by atoms with van der Waals surface area (Å²) in [5.41, 5.74) is 2.68. The second-order valence-electron chi connectivity index (χ2n) is 6.54. The Morgan fingerprint density at radius 1 is 1.24 bits per heavy atom. The smallest absolute Gasteiger partial charge is 0.225 e. The minimum Gasteiger partial charge on any atom is -0.493 e. The molecule has 0 atom stereocenters. The Morgan fingerprint density at radius 3 is 2.64 bits per heavy atom. The maximum atomic E-state index is 12.4. The molecule has 3 rings (SSSR count). The summed E-state index contributed by atoms with van der Waals surface area (Å²) < 4.78 is 10.7. The Morgan fingerprint density at radius 2 is 1.96 bits per heavy atom. The number of nitrogens with zero attached hydrogens (tertiary/aromatic N) is 1. The summed E-state index contributed by atoms with van der Waals surface area (Å²) in [7, 11) is 3.21. The molecule has 6 nitrogen and oxygen atoms in total. The lowest BCUT2D eigenvalue weighted by Gasteiger charge is -2.12. The van der Waals surface area contributed by atoms with Crippen LogP contribution >= 0.6 is 0 Å². The van der Waals surface area contributed by atoms with Crippen LogP contribution < -0.4 is 14.8 Å². The van der Waals surface area contributed by atoms with E-state index in [1.807, 2.05) is 25.1 Å². The number of benzene rings is 1. The number of nitrogens with one attached hydrogen (secondary N) is 2. The van der Waals surface area contributed by atoms with Crippen LogP contribution in [0.2, 0.25) is 0 Å². The van der Waals surface area contributed by atoms with Gasteiger partial charge >= 0.3 is 0 Å². The van der Waals surface area contributed by atoms with Crippen molar-refractivity contribution in [2.45, 2.75) is 39.0 Å². The van der Waals surface area contributed by atoms with Crippen LogP contribution in [0.1, 0.15) is 37.8 Å². The van der Waals surface area contributed by atoms with Gasteiger partial charge in [-0.05, 0) is 43.4 Å². The fraction of sp³-hybridized carbons (Fsp3) is 0.474. The van der Waals surface area contributed by atoms with Gasteiger partial charge in [0.2, 0.25) is 5.91 Å². The largest absolute Gasteiger partial charge is 0.493 e. The number of rotatable bonds is 6. The SMILES string of the molecule is COc1ccc(-c2c(NC(=O)CC3CCCC3)n[nH]c2C)cc1OC. The zero-order chi connectivity index (χ0) is 17.8. The summed E-state index contributed by atoms with van der Waals surface area (Å²) in [6.07, 6.45) is 5.33. The average molecular weight is 343 g/mol. The molecule has 1 aliphatic rings. The zero-order valence-corrected chi connectivity index (χ0v) is 15.0. The van der Waals surface area contributed by atoms with Crippen LogP contribution in [-0.4, -0.2) is 30.3 Å². The number of methoxy groups -OCH3 is 2. The molecule has 134 valence electrons. The summed E-state index contributed by atoms with van der Waals surface area (Å²) in [5.74, 6) is 2.40. The van der Waals surface area contributed by atoms with Gasteiger partial charge in [-0.25, -0.2) is 0 Å². The minimum atomic E-state index is 0.0279. The highest BCUT2D eigenvalue weighted by atomic mass is 16.5. The topological polar surface area (TPSA) is 76.2 Å². The Labute approximate surface area is 147 Å². The molecule has 2 N–H and O–H groups in total. The van der Waals surface area contributed by atoms with Crippen molar-refractivity contribution in [3.05, 3.63) is 23.9 Å². The molecule has 1 aliphatic carbocycles. The molecular weight excluding hydrogens is 318 g/mol. The second-order valence-corrected chi connectivity index (χ2v) is 6.54. The first kappa shape index (κ1) is 17.3. The fourth-order valence-corrected chi connectivity index (χ4v) is 3.52. The van der Waals surface area contributed by atoms with E-state index < -0.39 is 0 Å². The lowest BCUT2D eigenvalue weighted by atomic mass is 10.0. The van der Waals surface area contributed by atoms with E-state index >= 15 is 0 Å². The first-order chi connectivity index (χ1) is 12.1. The molecule has 0 saturated heterocycles. The van der Waals surface area contributed by atoms with E-state index in [2.05, 4.69) is 15.5 Å². The van der Waals surface area contributed by atoms with Gasteiger partial charge in [0.25, 0.3) is 0 Å². The number of hydrogen-bond acceptors (Lipinski definition) is 4. The predicted octanol–water partition coefficient (Wildman–Crippen LogP) is 3.92. The van der Waals surface area contributed by atoms with Gasteiger partial charge in [-0.15, -0.1) is 0 Å². The van der Waals surface area contributed by atoms with Crippen molar-refractivity contribution in [1.29, 1.82) is 0 Å². The van der Waals surface area contributed by atoms with E-state index in [1.165, 1.54) is 12.8 Å². The van der Waals surface area contributed by atoms with Crippen LogP contribution in [0.3, 0.4) is 0 Å². The number of carbonyl (C=O) groups excluding carboxylic acids is 1. The molecule has 1 amide bonds. The number of H-pyrrole nitrogens is 1. The van der Waals surface area contributed by atoms with Gasteiger partial charge < -0.3 is 14.8 Å². The molecule has 0 radical (unpaired) electrons. The third kappa shape index (κ3) is 3.78. The molecule has 1 saturated carbocycles. The second kappa shape index (κ2) is 7.59. The van der Waals surface area contributed by atoms with Gasteiger partial charge in [0, 0.05) is 17.7 Å². The highest BCUT2D eigenvalue weighted by molar-refractivity contribution is 5.94. The third-order valence-corrected chi connectivity index (χ3v) is 4.83. The van der Waals surface area contributed by atoms with Crippen molar-refractivity contribution in [3.8, 4) is 22.6 Å². The van der Waals surface area contributed by atoms with Crippen LogP contribution in [0.5, 0.6) is 11.5 Å². The molecule has 25 heavy (non-hydrogen) atoms. The van der Waals surface area contributed by atoms with Crippen molar-refractivity contribution < 1.29 is 14.3 Å². The monoisotopic (exact) mass is 343 g/mol. The zero-order valence-electron chi connectivity index (χ0n) is 15.0. The highest BCUT2D eigenvalue weighted by Gasteiger charge is 2.21. The van der Waals surface area contributed by atoms with E-state index in [9.17, 15) is 4.79 Å². The van der Waals surface area contributed by atoms with Gasteiger partial charge in [-0.3, -0.25) is 9.89 Å². The van der Waals surface area contributed by atoms with Gasteiger partial charge in [0.15, 0.2) is 17.3 Å². The summed E-state index contributed by atoms with van der Waals surface area (Å²) >= 11 is 0. The maximum Gasteiger partial charge on any atom is 0.225 e. The molecule has 2 aromatic rings. The van der Waals surface area contributed by atoms with E-state index in [1.54, 1.807) is 14.2 Å². The van der Waals surface area contributed by atoms with Crippen LogP contribution in [-0.2, 0) is 4.79 Å². The van der Waals surface area contributed by atoms with Crippen molar-refractivity contribution in [2.24, 2.45) is 5.92 Å². The predicted molar refractivity (Wildman–Crippen MR) is 97.1 cm³/mol. The van der Waals surface area contributed by atoms with E-state index in [-0.39, 0.29) is 5.91 Å². The number of carbonyl (C=O) groups is 1. The first-order valence-corrected chi connectivity index (χ1v) is 8.69. The summed E-state index contributed by atoms with van der Waals surface area (Å²) in [6, 6.07) is 5.68. The van der Waals surface area contributed by atoms with Crippen LogP contribution in [0.4, 0.5) is 5.82 Å². The molecular formula is C19H25N3O3.